The Morgan fingerprint density at radius 1 is 1.40 bits per heavy atom. The van der Waals surface area contributed by atoms with Crippen LogP contribution >= 0.6 is 11.3 Å². The predicted octanol–water partition coefficient (Wildman–Crippen LogP) is 2.93. The van der Waals surface area contributed by atoms with Crippen molar-refractivity contribution in [2.24, 2.45) is 0 Å². The number of carbonyl (C=O) groups excluding carboxylic acids is 1. The third-order valence-corrected chi connectivity index (χ3v) is 3.85. The molecule has 0 saturated heterocycles. The maximum Gasteiger partial charge on any atom is 0.324 e. The number of nitro groups is 1. The summed E-state index contributed by atoms with van der Waals surface area (Å²) in [6.07, 6.45) is 4.06. The second-order valence-corrected chi connectivity index (χ2v) is 5.17. The van der Waals surface area contributed by atoms with Crippen molar-refractivity contribution in [1.29, 1.82) is 0 Å². The van der Waals surface area contributed by atoms with Crippen LogP contribution in [0.3, 0.4) is 0 Å². The maximum absolute atomic E-state index is 12.1. The molecule has 0 spiro atoms. The highest BCUT2D eigenvalue weighted by Crippen LogP contribution is 2.25. The van der Waals surface area contributed by atoms with Crippen molar-refractivity contribution in [3.8, 4) is 0 Å². The van der Waals surface area contributed by atoms with E-state index < -0.39 is 4.92 Å². The summed E-state index contributed by atoms with van der Waals surface area (Å²) in [6, 6.07) is 6.35. The standard InChI is InChI=1S/C13H13N3O3S/c1-2-10(9-5-7-14-8-6-9)15-13(17)11-3-4-12(20-11)16(18)19/h3-8,10H,2H2,1H3,(H,15,17)/t10-/m1/s1. The van der Waals surface area contributed by atoms with E-state index in [0.29, 0.717) is 4.88 Å². The number of hydrogen-bond donors (Lipinski definition) is 1. The minimum absolute atomic E-state index is 0.0351. The fourth-order valence-electron chi connectivity index (χ4n) is 1.79. The molecule has 20 heavy (non-hydrogen) atoms. The Bertz CT molecular complexity index is 612. The lowest BCUT2D eigenvalue weighted by Gasteiger charge is -2.16. The van der Waals surface area contributed by atoms with Gasteiger partial charge in [0.05, 0.1) is 15.8 Å². The van der Waals surface area contributed by atoms with Gasteiger partial charge in [-0.1, -0.05) is 18.3 Å². The number of nitrogens with zero attached hydrogens (tertiary/aromatic N) is 2. The first kappa shape index (κ1) is 14.1. The lowest BCUT2D eigenvalue weighted by molar-refractivity contribution is -0.380. The van der Waals surface area contributed by atoms with Gasteiger partial charge in [-0.05, 0) is 30.2 Å². The Morgan fingerprint density at radius 2 is 2.10 bits per heavy atom. The van der Waals surface area contributed by atoms with E-state index in [1.807, 2.05) is 19.1 Å². The van der Waals surface area contributed by atoms with Crippen molar-refractivity contribution in [2.75, 3.05) is 0 Å². The average molecular weight is 291 g/mol. The molecule has 0 aromatic carbocycles. The van der Waals surface area contributed by atoms with E-state index in [2.05, 4.69) is 10.3 Å². The quantitative estimate of drug-likeness (QED) is 0.678. The molecule has 0 radical (unpaired) electrons. The van der Waals surface area contributed by atoms with E-state index in [4.69, 9.17) is 0 Å². The van der Waals surface area contributed by atoms with Crippen LogP contribution in [0, 0.1) is 10.1 Å². The highest BCUT2D eigenvalue weighted by Gasteiger charge is 2.18. The molecule has 0 aliphatic rings. The van der Waals surface area contributed by atoms with Crippen molar-refractivity contribution < 1.29 is 9.72 Å². The van der Waals surface area contributed by atoms with Gasteiger partial charge in [0.1, 0.15) is 0 Å². The van der Waals surface area contributed by atoms with Crippen molar-refractivity contribution in [2.45, 2.75) is 19.4 Å². The van der Waals surface area contributed by atoms with Crippen LogP contribution < -0.4 is 5.32 Å². The monoisotopic (exact) mass is 291 g/mol. The topological polar surface area (TPSA) is 85.1 Å². The van der Waals surface area contributed by atoms with Crippen molar-refractivity contribution >= 4 is 22.2 Å². The first-order valence-corrected chi connectivity index (χ1v) is 6.88. The Morgan fingerprint density at radius 3 is 2.65 bits per heavy atom. The van der Waals surface area contributed by atoms with Gasteiger partial charge in [-0.25, -0.2) is 0 Å². The zero-order valence-corrected chi connectivity index (χ0v) is 11.6. The van der Waals surface area contributed by atoms with E-state index in [-0.39, 0.29) is 17.0 Å². The molecule has 2 aromatic rings. The zero-order valence-electron chi connectivity index (χ0n) is 10.8. The number of hydrogen-bond acceptors (Lipinski definition) is 5. The van der Waals surface area contributed by atoms with E-state index in [0.717, 1.165) is 23.3 Å². The third kappa shape index (κ3) is 3.18. The van der Waals surface area contributed by atoms with Crippen LogP contribution in [0.1, 0.15) is 34.6 Å². The molecule has 1 N–H and O–H groups in total. The molecule has 2 heterocycles. The van der Waals surface area contributed by atoms with Gasteiger partial charge in [-0.15, -0.1) is 0 Å². The van der Waals surface area contributed by atoms with Crippen LogP contribution in [-0.2, 0) is 0 Å². The average Bonchev–Trinajstić information content (AvgIpc) is 2.95. The molecule has 1 amide bonds. The molecule has 1 atom stereocenters. The van der Waals surface area contributed by atoms with Gasteiger partial charge in [-0.3, -0.25) is 19.9 Å². The molecule has 0 unspecified atom stereocenters. The summed E-state index contributed by atoms with van der Waals surface area (Å²) < 4.78 is 0. The number of pyridine rings is 1. The van der Waals surface area contributed by atoms with Crippen LogP contribution in [0.25, 0.3) is 0 Å². The summed E-state index contributed by atoms with van der Waals surface area (Å²) in [5, 5.41) is 13.5. The molecule has 7 heteroatoms. The molecular weight excluding hydrogens is 278 g/mol. The number of rotatable bonds is 5. The molecular formula is C13H13N3O3S. The van der Waals surface area contributed by atoms with Gasteiger partial charge in [0, 0.05) is 18.5 Å². The van der Waals surface area contributed by atoms with Crippen LogP contribution in [0.15, 0.2) is 36.7 Å². The Kier molecular flexibility index (Phi) is 4.41. The van der Waals surface area contributed by atoms with E-state index in [9.17, 15) is 14.9 Å². The first-order chi connectivity index (χ1) is 9.61. The summed E-state index contributed by atoms with van der Waals surface area (Å²) in [6.45, 7) is 1.96. The summed E-state index contributed by atoms with van der Waals surface area (Å²) in [7, 11) is 0. The molecule has 0 aliphatic heterocycles. The lowest BCUT2D eigenvalue weighted by Crippen LogP contribution is -2.27. The zero-order chi connectivity index (χ0) is 14.5. The third-order valence-electron chi connectivity index (χ3n) is 2.82. The molecule has 6 nitrogen and oxygen atoms in total. The van der Waals surface area contributed by atoms with Gasteiger partial charge in [0.2, 0.25) is 0 Å². The smallest absolute Gasteiger partial charge is 0.324 e. The molecule has 104 valence electrons. The SMILES string of the molecule is CC[C@@H](NC(=O)c1ccc([N+](=O)[O-])s1)c1ccncc1. The second-order valence-electron chi connectivity index (χ2n) is 4.11. The highest BCUT2D eigenvalue weighted by atomic mass is 32.1. The van der Waals surface area contributed by atoms with Gasteiger partial charge in [-0.2, -0.15) is 0 Å². The number of amides is 1. The number of thiophene rings is 1. The maximum atomic E-state index is 12.1. The largest absolute Gasteiger partial charge is 0.345 e. The van der Waals surface area contributed by atoms with Crippen LogP contribution in [0.5, 0.6) is 0 Å². The van der Waals surface area contributed by atoms with Crippen molar-refractivity contribution in [3.63, 3.8) is 0 Å². The number of carbonyl (C=O) groups is 1. The minimum atomic E-state index is -0.498. The first-order valence-electron chi connectivity index (χ1n) is 6.06. The Labute approximate surface area is 119 Å². The van der Waals surface area contributed by atoms with Gasteiger partial charge in [0.25, 0.3) is 5.91 Å². The van der Waals surface area contributed by atoms with Gasteiger partial charge < -0.3 is 5.32 Å². The molecule has 2 rings (SSSR count). The summed E-state index contributed by atoms with van der Waals surface area (Å²) in [5.74, 6) is -0.299. The lowest BCUT2D eigenvalue weighted by atomic mass is 10.1. The summed E-state index contributed by atoms with van der Waals surface area (Å²) in [5.41, 5.74) is 0.960. The Hall–Kier alpha value is -2.28. The Balaban J connectivity index is 2.11. The number of nitrogens with one attached hydrogen (secondary N) is 1. The van der Waals surface area contributed by atoms with Crippen LogP contribution in [0.2, 0.25) is 0 Å². The van der Waals surface area contributed by atoms with Crippen LogP contribution in [0.4, 0.5) is 5.00 Å². The molecule has 0 saturated carbocycles. The van der Waals surface area contributed by atoms with E-state index in [1.54, 1.807) is 12.4 Å². The minimum Gasteiger partial charge on any atom is -0.345 e. The van der Waals surface area contributed by atoms with Crippen molar-refractivity contribution in [1.82, 2.24) is 10.3 Å². The fourth-order valence-corrected chi connectivity index (χ4v) is 2.52. The molecule has 0 bridgehead atoms. The molecule has 2 aromatic heterocycles. The van der Waals surface area contributed by atoms with Gasteiger partial charge >= 0.3 is 5.00 Å². The molecule has 0 fully saturated rings. The summed E-state index contributed by atoms with van der Waals surface area (Å²) in [4.78, 5) is 26.5. The second kappa shape index (κ2) is 6.25. The van der Waals surface area contributed by atoms with E-state index >= 15 is 0 Å². The van der Waals surface area contributed by atoms with Crippen LogP contribution in [-0.4, -0.2) is 15.8 Å². The fraction of sp³-hybridized carbons (Fsp3) is 0.231. The molecule has 0 aliphatic carbocycles. The summed E-state index contributed by atoms with van der Waals surface area (Å²) >= 11 is 0.873. The normalized spacial score (nSPS) is 11.8. The van der Waals surface area contributed by atoms with E-state index in [1.165, 1.54) is 12.1 Å². The highest BCUT2D eigenvalue weighted by molar-refractivity contribution is 7.17. The van der Waals surface area contributed by atoms with Gasteiger partial charge in [0.15, 0.2) is 0 Å². The predicted molar refractivity (Wildman–Crippen MR) is 75.7 cm³/mol. The van der Waals surface area contributed by atoms with Crippen molar-refractivity contribution in [3.05, 3.63) is 57.2 Å². The number of aromatic nitrogens is 1.